The molecule has 0 unspecified atom stereocenters. The van der Waals surface area contributed by atoms with Crippen molar-refractivity contribution in [3.63, 3.8) is 0 Å². The Balaban J connectivity index is 2.63. The number of rotatable bonds is 2. The summed E-state index contributed by atoms with van der Waals surface area (Å²) < 4.78 is 2.32. The Hall–Kier alpha value is -0.730. The van der Waals surface area contributed by atoms with Gasteiger partial charge in [-0.25, -0.2) is 0 Å². The first-order chi connectivity index (χ1) is 6.29. The van der Waals surface area contributed by atoms with E-state index < -0.39 is 0 Å². The van der Waals surface area contributed by atoms with Crippen LogP contribution in [0.3, 0.4) is 0 Å². The van der Waals surface area contributed by atoms with E-state index in [2.05, 4.69) is 23.3 Å². The third-order valence-corrected chi connectivity index (χ3v) is 2.77. The van der Waals surface area contributed by atoms with Gasteiger partial charge < -0.3 is 0 Å². The summed E-state index contributed by atoms with van der Waals surface area (Å²) in [6.07, 6.45) is 3.95. The molecule has 0 bridgehead atoms. The molecule has 0 aromatic heterocycles. The highest BCUT2D eigenvalue weighted by Crippen LogP contribution is 2.04. The van der Waals surface area contributed by atoms with Gasteiger partial charge in [0, 0.05) is 0 Å². The second kappa shape index (κ2) is 5.10. The van der Waals surface area contributed by atoms with Gasteiger partial charge in [-0.2, -0.15) is 0 Å². The fourth-order valence-corrected chi connectivity index (χ4v) is 1.87. The molecule has 1 rings (SSSR count). The second-order valence-corrected chi connectivity index (χ2v) is 3.58. The molecule has 0 amide bonds. The topological polar surface area (TPSA) is 32.3 Å². The van der Waals surface area contributed by atoms with E-state index in [0.717, 1.165) is 32.1 Å². The molecule has 0 atom stereocenters. The van der Waals surface area contributed by atoms with Gasteiger partial charge in [0.2, 0.25) is 0 Å². The molecule has 1 aliphatic heterocycles. The highest BCUT2D eigenvalue weighted by atomic mass is 15.3. The van der Waals surface area contributed by atoms with Crippen molar-refractivity contribution in [1.82, 2.24) is 4.90 Å². The van der Waals surface area contributed by atoms with Crippen LogP contribution < -0.4 is 5.73 Å². The Morgan fingerprint density at radius 1 is 1.15 bits per heavy atom. The molecule has 2 N–H and O–H groups in total. The van der Waals surface area contributed by atoms with Crippen LogP contribution in [0.2, 0.25) is 0 Å². The second-order valence-electron chi connectivity index (χ2n) is 3.58. The van der Waals surface area contributed by atoms with Crippen LogP contribution in [0.25, 0.3) is 0 Å². The molecular formula is C10H22N3+. The minimum absolute atomic E-state index is 0.977. The van der Waals surface area contributed by atoms with Gasteiger partial charge in [0.25, 0.3) is 0 Å². The smallest absolute Gasteiger partial charge is 0.291 e. The standard InChI is InChI=1S/C10H21N3/c1-3-12(4-2)10(11)13-8-6-5-7-9-13/h11H,3-9H2,1-2H3/p+1. The van der Waals surface area contributed by atoms with Gasteiger partial charge >= 0.3 is 5.96 Å². The molecule has 0 spiro atoms. The molecule has 0 aliphatic carbocycles. The third kappa shape index (κ3) is 2.61. The molecule has 1 saturated heterocycles. The van der Waals surface area contributed by atoms with Gasteiger partial charge in [-0.15, -0.1) is 0 Å². The van der Waals surface area contributed by atoms with Crippen molar-refractivity contribution in [2.24, 2.45) is 5.73 Å². The number of nitrogens with two attached hydrogens (primary N) is 1. The van der Waals surface area contributed by atoms with Crippen LogP contribution in [0, 0.1) is 0 Å². The molecular weight excluding hydrogens is 162 g/mol. The van der Waals surface area contributed by atoms with Crippen molar-refractivity contribution in [3.05, 3.63) is 0 Å². The molecule has 1 aliphatic rings. The molecule has 1 heterocycles. The minimum atomic E-state index is 0.977. The predicted molar refractivity (Wildman–Crippen MR) is 56.0 cm³/mol. The Morgan fingerprint density at radius 2 is 1.69 bits per heavy atom. The Kier molecular flexibility index (Phi) is 4.06. The Morgan fingerprint density at radius 3 is 2.15 bits per heavy atom. The zero-order valence-electron chi connectivity index (χ0n) is 8.92. The number of nitrogens with zero attached hydrogens (tertiary/aromatic N) is 2. The maximum atomic E-state index is 6.08. The van der Waals surface area contributed by atoms with Crippen molar-refractivity contribution in [3.8, 4) is 0 Å². The SMILES string of the molecule is CCN(CC)C(N)=[N+]1CCCCC1. The normalized spacial score (nSPS) is 17.2. The van der Waals surface area contributed by atoms with E-state index in [-0.39, 0.29) is 0 Å². The lowest BCUT2D eigenvalue weighted by atomic mass is 10.2. The fourth-order valence-electron chi connectivity index (χ4n) is 1.87. The van der Waals surface area contributed by atoms with Gasteiger partial charge in [0.05, 0.1) is 26.2 Å². The average molecular weight is 184 g/mol. The van der Waals surface area contributed by atoms with Gasteiger partial charge in [0.1, 0.15) is 0 Å². The zero-order valence-corrected chi connectivity index (χ0v) is 8.92. The molecule has 3 nitrogen and oxygen atoms in total. The lowest BCUT2D eigenvalue weighted by Gasteiger charge is -2.21. The van der Waals surface area contributed by atoms with Gasteiger partial charge in [-0.3, -0.25) is 15.2 Å². The summed E-state index contributed by atoms with van der Waals surface area (Å²) in [6, 6.07) is 0. The average Bonchev–Trinajstić information content (AvgIpc) is 2.21. The van der Waals surface area contributed by atoms with Crippen molar-refractivity contribution in [1.29, 1.82) is 0 Å². The predicted octanol–water partition coefficient (Wildman–Crippen LogP) is 0.839. The maximum absolute atomic E-state index is 6.08. The summed E-state index contributed by atoms with van der Waals surface area (Å²) in [7, 11) is 0. The molecule has 13 heavy (non-hydrogen) atoms. The van der Waals surface area contributed by atoms with Gasteiger partial charge in [0.15, 0.2) is 0 Å². The van der Waals surface area contributed by atoms with Gasteiger partial charge in [-0.1, -0.05) is 0 Å². The number of hydrogen-bond acceptors (Lipinski definition) is 0. The van der Waals surface area contributed by atoms with Crippen LogP contribution in [-0.2, 0) is 0 Å². The number of piperidine rings is 1. The third-order valence-electron chi connectivity index (χ3n) is 2.77. The summed E-state index contributed by atoms with van der Waals surface area (Å²) in [4.78, 5) is 2.23. The lowest BCUT2D eigenvalue weighted by Crippen LogP contribution is -2.45. The minimum Gasteiger partial charge on any atom is -0.291 e. The first-order valence-corrected chi connectivity index (χ1v) is 5.42. The van der Waals surface area contributed by atoms with E-state index in [0.29, 0.717) is 0 Å². The summed E-state index contributed by atoms with van der Waals surface area (Å²) in [5, 5.41) is 0. The van der Waals surface area contributed by atoms with Crippen LogP contribution in [-0.4, -0.2) is 41.6 Å². The van der Waals surface area contributed by atoms with E-state index >= 15 is 0 Å². The first-order valence-electron chi connectivity index (χ1n) is 5.42. The van der Waals surface area contributed by atoms with Crippen LogP contribution in [0.5, 0.6) is 0 Å². The molecule has 1 fully saturated rings. The monoisotopic (exact) mass is 184 g/mol. The first kappa shape index (κ1) is 10.4. The molecule has 3 heteroatoms. The number of guanidine groups is 1. The van der Waals surface area contributed by atoms with E-state index in [4.69, 9.17) is 5.73 Å². The quantitative estimate of drug-likeness (QED) is 0.509. The van der Waals surface area contributed by atoms with E-state index in [1.165, 1.54) is 19.3 Å². The Bertz CT molecular complexity index is 175. The zero-order chi connectivity index (χ0) is 9.68. The van der Waals surface area contributed by atoms with Crippen molar-refractivity contribution in [2.45, 2.75) is 33.1 Å². The molecule has 0 aromatic carbocycles. The van der Waals surface area contributed by atoms with E-state index in [1.54, 1.807) is 0 Å². The largest absolute Gasteiger partial charge is 0.345 e. The molecule has 76 valence electrons. The van der Waals surface area contributed by atoms with E-state index in [1.807, 2.05) is 0 Å². The summed E-state index contributed by atoms with van der Waals surface area (Å²) in [6.45, 7) is 8.61. The van der Waals surface area contributed by atoms with Crippen LogP contribution >= 0.6 is 0 Å². The van der Waals surface area contributed by atoms with Crippen molar-refractivity contribution >= 4 is 5.96 Å². The fraction of sp³-hybridized carbons (Fsp3) is 0.900. The number of hydrogen-bond donors (Lipinski definition) is 1. The van der Waals surface area contributed by atoms with Crippen LogP contribution in [0.4, 0.5) is 0 Å². The van der Waals surface area contributed by atoms with Gasteiger partial charge in [-0.05, 0) is 33.1 Å². The Labute approximate surface area is 81.2 Å². The van der Waals surface area contributed by atoms with E-state index in [9.17, 15) is 0 Å². The van der Waals surface area contributed by atoms with Crippen LogP contribution in [0.15, 0.2) is 0 Å². The van der Waals surface area contributed by atoms with Crippen LogP contribution in [0.1, 0.15) is 33.1 Å². The summed E-state index contributed by atoms with van der Waals surface area (Å²) >= 11 is 0. The molecule has 0 aromatic rings. The molecule has 0 saturated carbocycles. The molecule has 0 radical (unpaired) electrons. The lowest BCUT2D eigenvalue weighted by molar-refractivity contribution is -0.542. The summed E-state index contributed by atoms with van der Waals surface area (Å²) in [5.41, 5.74) is 6.08. The highest BCUT2D eigenvalue weighted by Gasteiger charge is 2.16. The summed E-state index contributed by atoms with van der Waals surface area (Å²) in [5.74, 6) is 0.977. The van der Waals surface area contributed by atoms with Crippen molar-refractivity contribution < 1.29 is 4.58 Å². The highest BCUT2D eigenvalue weighted by molar-refractivity contribution is 5.72. The maximum Gasteiger partial charge on any atom is 0.345 e. The van der Waals surface area contributed by atoms with Crippen molar-refractivity contribution in [2.75, 3.05) is 26.2 Å².